The smallest absolute Gasteiger partial charge is 0.267 e. The van der Waals surface area contributed by atoms with Gasteiger partial charge < -0.3 is 10.1 Å². The summed E-state index contributed by atoms with van der Waals surface area (Å²) in [5.41, 5.74) is 1.57. The molecule has 0 spiro atoms. The van der Waals surface area contributed by atoms with E-state index in [0.717, 1.165) is 20.8 Å². The lowest BCUT2D eigenvalue weighted by molar-refractivity contribution is -0.128. The number of thiazole rings is 1. The Morgan fingerprint density at radius 1 is 1.03 bits per heavy atom. The van der Waals surface area contributed by atoms with Crippen LogP contribution in [0.15, 0.2) is 72.8 Å². The Morgan fingerprint density at radius 2 is 1.79 bits per heavy atom. The van der Waals surface area contributed by atoms with Crippen molar-refractivity contribution in [2.75, 3.05) is 5.32 Å². The fourth-order valence-corrected chi connectivity index (χ4v) is 3.94. The topological polar surface area (TPSA) is 51.2 Å². The van der Waals surface area contributed by atoms with Gasteiger partial charge in [0.05, 0.1) is 10.2 Å². The molecular weight excluding hydrogens is 404 g/mol. The summed E-state index contributed by atoms with van der Waals surface area (Å²) in [7, 11) is 0. The van der Waals surface area contributed by atoms with Crippen molar-refractivity contribution in [1.29, 1.82) is 0 Å². The lowest BCUT2D eigenvalue weighted by atomic mass is 10.1. The average molecular weight is 423 g/mol. The van der Waals surface area contributed by atoms with E-state index < -0.39 is 5.60 Å². The number of anilines is 1. The van der Waals surface area contributed by atoms with Gasteiger partial charge in [-0.05, 0) is 62.4 Å². The minimum absolute atomic E-state index is 0.242. The van der Waals surface area contributed by atoms with Crippen LogP contribution in [0, 0.1) is 0 Å². The summed E-state index contributed by atoms with van der Waals surface area (Å²) >= 11 is 7.53. The molecule has 1 heterocycles. The fourth-order valence-electron chi connectivity index (χ4n) is 2.85. The van der Waals surface area contributed by atoms with E-state index in [9.17, 15) is 4.79 Å². The molecule has 146 valence electrons. The first-order valence-corrected chi connectivity index (χ1v) is 10.3. The van der Waals surface area contributed by atoms with Crippen LogP contribution in [0.3, 0.4) is 0 Å². The molecule has 0 saturated carbocycles. The number of benzene rings is 3. The molecule has 0 fully saturated rings. The minimum atomic E-state index is -1.06. The quantitative estimate of drug-likeness (QED) is 0.404. The standard InChI is InChI=1S/C23H19ClN2O2S/c1-23(2,28-18-12-10-16(24)11-13-18)22(27)25-17-7-5-6-15(14-17)21-26-19-8-3-4-9-20(19)29-21/h3-14H,1-2H3,(H,25,27). The predicted octanol–water partition coefficient (Wildman–Crippen LogP) is 6.41. The second kappa shape index (κ2) is 7.85. The second-order valence-corrected chi connectivity index (χ2v) is 8.56. The van der Waals surface area contributed by atoms with Gasteiger partial charge in [0.25, 0.3) is 5.91 Å². The number of ether oxygens (including phenoxy) is 1. The van der Waals surface area contributed by atoms with E-state index in [0.29, 0.717) is 16.5 Å². The largest absolute Gasteiger partial charge is 0.478 e. The van der Waals surface area contributed by atoms with E-state index >= 15 is 0 Å². The summed E-state index contributed by atoms with van der Waals surface area (Å²) in [6.45, 7) is 3.46. The van der Waals surface area contributed by atoms with E-state index in [-0.39, 0.29) is 5.91 Å². The maximum Gasteiger partial charge on any atom is 0.267 e. The number of amides is 1. The van der Waals surface area contributed by atoms with Crippen LogP contribution in [0.25, 0.3) is 20.8 Å². The van der Waals surface area contributed by atoms with Crippen LogP contribution in [0.5, 0.6) is 5.75 Å². The third-order valence-corrected chi connectivity index (χ3v) is 5.73. The number of para-hydroxylation sites is 1. The molecule has 0 aliphatic heterocycles. The van der Waals surface area contributed by atoms with Gasteiger partial charge in [0, 0.05) is 16.3 Å². The van der Waals surface area contributed by atoms with Crippen molar-refractivity contribution in [3.05, 3.63) is 77.8 Å². The van der Waals surface area contributed by atoms with Crippen LogP contribution < -0.4 is 10.1 Å². The maximum atomic E-state index is 12.8. The molecule has 0 bridgehead atoms. The normalized spacial score (nSPS) is 11.4. The van der Waals surface area contributed by atoms with Gasteiger partial charge in [-0.15, -0.1) is 11.3 Å². The Morgan fingerprint density at radius 3 is 2.55 bits per heavy atom. The molecule has 1 amide bonds. The Balaban J connectivity index is 1.52. The van der Waals surface area contributed by atoms with Gasteiger partial charge in [-0.2, -0.15) is 0 Å². The number of nitrogens with zero attached hydrogens (tertiary/aromatic N) is 1. The first kappa shape index (κ1) is 19.4. The van der Waals surface area contributed by atoms with Gasteiger partial charge >= 0.3 is 0 Å². The molecule has 6 heteroatoms. The molecule has 4 aromatic rings. The molecule has 1 aromatic heterocycles. The lowest BCUT2D eigenvalue weighted by Crippen LogP contribution is -2.42. The second-order valence-electron chi connectivity index (χ2n) is 7.09. The predicted molar refractivity (Wildman–Crippen MR) is 120 cm³/mol. The fraction of sp³-hybridized carbons (Fsp3) is 0.130. The highest BCUT2D eigenvalue weighted by Gasteiger charge is 2.30. The number of hydrogen-bond acceptors (Lipinski definition) is 4. The Bertz CT molecular complexity index is 1140. The summed E-state index contributed by atoms with van der Waals surface area (Å²) in [6, 6.07) is 22.6. The SMILES string of the molecule is CC(C)(Oc1ccc(Cl)cc1)C(=O)Nc1cccc(-c2nc3ccccc3s2)c1. The number of carbonyl (C=O) groups is 1. The van der Waals surface area contributed by atoms with Crippen LogP contribution in [-0.4, -0.2) is 16.5 Å². The van der Waals surface area contributed by atoms with Gasteiger partial charge in [-0.25, -0.2) is 4.98 Å². The van der Waals surface area contributed by atoms with Gasteiger partial charge in [0.2, 0.25) is 0 Å². The number of hydrogen-bond donors (Lipinski definition) is 1. The van der Waals surface area contributed by atoms with Gasteiger partial charge in [0.1, 0.15) is 10.8 Å². The highest BCUT2D eigenvalue weighted by atomic mass is 35.5. The van der Waals surface area contributed by atoms with Crippen LogP contribution in [0.4, 0.5) is 5.69 Å². The number of carbonyl (C=O) groups excluding carboxylic acids is 1. The van der Waals surface area contributed by atoms with Crippen molar-refractivity contribution < 1.29 is 9.53 Å². The number of rotatable bonds is 5. The first-order chi connectivity index (χ1) is 13.9. The van der Waals surface area contributed by atoms with Crippen molar-refractivity contribution in [2.24, 2.45) is 0 Å². The van der Waals surface area contributed by atoms with Crippen LogP contribution in [0.1, 0.15) is 13.8 Å². The maximum absolute atomic E-state index is 12.8. The molecule has 0 aliphatic carbocycles. The summed E-state index contributed by atoms with van der Waals surface area (Å²) in [6.07, 6.45) is 0. The highest BCUT2D eigenvalue weighted by Crippen LogP contribution is 2.31. The molecule has 3 aromatic carbocycles. The number of halogens is 1. The molecule has 4 rings (SSSR count). The summed E-state index contributed by atoms with van der Waals surface area (Å²) < 4.78 is 7.00. The first-order valence-electron chi connectivity index (χ1n) is 9.13. The van der Waals surface area contributed by atoms with Crippen LogP contribution >= 0.6 is 22.9 Å². The van der Waals surface area contributed by atoms with Gasteiger partial charge in [0.15, 0.2) is 5.60 Å². The van der Waals surface area contributed by atoms with Crippen molar-refractivity contribution in [3.63, 3.8) is 0 Å². The monoisotopic (exact) mass is 422 g/mol. The van der Waals surface area contributed by atoms with E-state index in [1.165, 1.54) is 0 Å². The van der Waals surface area contributed by atoms with E-state index in [1.54, 1.807) is 49.4 Å². The Labute approximate surface area is 178 Å². The molecule has 0 unspecified atom stereocenters. The Kier molecular flexibility index (Phi) is 5.26. The molecule has 1 N–H and O–H groups in total. The molecule has 29 heavy (non-hydrogen) atoms. The van der Waals surface area contributed by atoms with Gasteiger partial charge in [-0.3, -0.25) is 4.79 Å². The molecule has 0 radical (unpaired) electrons. The van der Waals surface area contributed by atoms with E-state index in [1.807, 2.05) is 42.5 Å². The van der Waals surface area contributed by atoms with Crippen LogP contribution in [-0.2, 0) is 4.79 Å². The summed E-state index contributed by atoms with van der Waals surface area (Å²) in [4.78, 5) is 17.5. The van der Waals surface area contributed by atoms with Crippen LogP contribution in [0.2, 0.25) is 5.02 Å². The van der Waals surface area contributed by atoms with E-state index in [2.05, 4.69) is 16.4 Å². The third kappa shape index (κ3) is 4.42. The minimum Gasteiger partial charge on any atom is -0.478 e. The zero-order chi connectivity index (χ0) is 20.4. The van der Waals surface area contributed by atoms with E-state index in [4.69, 9.17) is 16.3 Å². The molecule has 0 aliphatic rings. The number of aromatic nitrogens is 1. The Hall–Kier alpha value is -2.89. The van der Waals surface area contributed by atoms with Crippen molar-refractivity contribution in [1.82, 2.24) is 4.98 Å². The van der Waals surface area contributed by atoms with Gasteiger partial charge in [-0.1, -0.05) is 35.9 Å². The van der Waals surface area contributed by atoms with Crippen molar-refractivity contribution >= 4 is 44.7 Å². The molecule has 4 nitrogen and oxygen atoms in total. The third-order valence-electron chi connectivity index (χ3n) is 4.39. The lowest BCUT2D eigenvalue weighted by Gasteiger charge is -2.25. The molecule has 0 atom stereocenters. The summed E-state index contributed by atoms with van der Waals surface area (Å²) in [5.74, 6) is 0.340. The zero-order valence-corrected chi connectivity index (χ0v) is 17.6. The number of nitrogens with one attached hydrogen (secondary N) is 1. The zero-order valence-electron chi connectivity index (χ0n) is 16.0. The van der Waals surface area contributed by atoms with Crippen molar-refractivity contribution in [3.8, 4) is 16.3 Å². The highest BCUT2D eigenvalue weighted by molar-refractivity contribution is 7.21. The summed E-state index contributed by atoms with van der Waals surface area (Å²) in [5, 5.41) is 4.48. The molecular formula is C23H19ClN2O2S. The molecule has 0 saturated heterocycles. The average Bonchev–Trinajstić information content (AvgIpc) is 3.14. The van der Waals surface area contributed by atoms with Crippen molar-refractivity contribution in [2.45, 2.75) is 19.4 Å². The number of fused-ring (bicyclic) bond motifs is 1.